The van der Waals surface area contributed by atoms with Gasteiger partial charge in [-0.2, -0.15) is 4.98 Å². The van der Waals surface area contributed by atoms with E-state index >= 15 is 0 Å². The van der Waals surface area contributed by atoms with Crippen molar-refractivity contribution < 1.29 is 28.2 Å². The maximum Gasteiger partial charge on any atom is 0.344 e. The van der Waals surface area contributed by atoms with Gasteiger partial charge in [-0.05, 0) is 47.4 Å². The molecule has 2 aromatic carbocycles. The number of benzene rings is 2. The van der Waals surface area contributed by atoms with Crippen LogP contribution in [0.5, 0.6) is 17.5 Å². The van der Waals surface area contributed by atoms with E-state index < -0.39 is 35.5 Å². The average molecular weight is 463 g/mol. The van der Waals surface area contributed by atoms with Gasteiger partial charge < -0.3 is 20.3 Å². The highest BCUT2D eigenvalue weighted by molar-refractivity contribution is 6.31. The first-order valence-electron chi connectivity index (χ1n) is 9.84. The van der Waals surface area contributed by atoms with E-state index in [0.29, 0.717) is 29.6 Å². The van der Waals surface area contributed by atoms with Gasteiger partial charge in [0.05, 0.1) is 0 Å². The highest BCUT2D eigenvalue weighted by Gasteiger charge is 2.23. The molecule has 32 heavy (non-hydrogen) atoms. The zero-order valence-corrected chi connectivity index (χ0v) is 17.9. The van der Waals surface area contributed by atoms with Gasteiger partial charge in [-0.15, -0.1) is 0 Å². The summed E-state index contributed by atoms with van der Waals surface area (Å²) in [6.07, 6.45) is -0.712. The number of rotatable bonds is 9. The van der Waals surface area contributed by atoms with Gasteiger partial charge in [0, 0.05) is 17.6 Å². The molecular formula is C23H21ClF2N2O4. The van der Waals surface area contributed by atoms with E-state index in [2.05, 4.69) is 4.98 Å². The fourth-order valence-corrected chi connectivity index (χ4v) is 3.22. The smallest absolute Gasteiger partial charge is 0.344 e. The van der Waals surface area contributed by atoms with Crippen LogP contribution in [0.15, 0.2) is 48.5 Å². The molecule has 0 aliphatic carbocycles. The molecule has 168 valence electrons. The monoisotopic (exact) mass is 462 g/mol. The minimum Gasteiger partial charge on any atom is -0.479 e. The third kappa shape index (κ3) is 5.72. The third-order valence-electron chi connectivity index (χ3n) is 4.53. The molecule has 1 aromatic heterocycles. The van der Waals surface area contributed by atoms with E-state index in [1.807, 2.05) is 24.3 Å². The molecule has 3 N–H and O–H groups in total. The van der Waals surface area contributed by atoms with Gasteiger partial charge >= 0.3 is 5.97 Å². The Kier molecular flexibility index (Phi) is 7.61. The van der Waals surface area contributed by atoms with Crippen molar-refractivity contribution in [1.29, 1.82) is 0 Å². The molecule has 1 atom stereocenters. The van der Waals surface area contributed by atoms with Crippen molar-refractivity contribution in [3.05, 3.63) is 70.8 Å². The first-order chi connectivity index (χ1) is 15.3. The predicted octanol–water partition coefficient (Wildman–Crippen LogP) is 5.56. The van der Waals surface area contributed by atoms with E-state index in [0.717, 1.165) is 11.1 Å². The van der Waals surface area contributed by atoms with Crippen LogP contribution in [0.4, 0.5) is 8.78 Å². The van der Waals surface area contributed by atoms with Gasteiger partial charge in [0.2, 0.25) is 0 Å². The van der Waals surface area contributed by atoms with Crippen molar-refractivity contribution in [2.75, 3.05) is 0 Å². The summed E-state index contributed by atoms with van der Waals surface area (Å²) in [4.78, 5) is 15.0. The van der Waals surface area contributed by atoms with Crippen molar-refractivity contribution in [1.82, 2.24) is 4.98 Å². The molecule has 0 saturated carbocycles. The zero-order valence-electron chi connectivity index (χ0n) is 17.1. The van der Waals surface area contributed by atoms with Gasteiger partial charge in [0.15, 0.2) is 17.7 Å². The SMILES string of the molecule is CCC[C@@H](Oc1nc(Oc2cc(Cl)cc(-c3cccc(CN)c3)c2)c(F)cc1F)C(=O)O. The summed E-state index contributed by atoms with van der Waals surface area (Å²) in [5.41, 5.74) is 8.12. The molecule has 0 radical (unpaired) electrons. The Balaban J connectivity index is 1.93. The van der Waals surface area contributed by atoms with Crippen LogP contribution >= 0.6 is 11.6 Å². The highest BCUT2D eigenvalue weighted by Crippen LogP contribution is 2.33. The fraction of sp³-hybridized carbons (Fsp3) is 0.217. The largest absolute Gasteiger partial charge is 0.479 e. The van der Waals surface area contributed by atoms with Crippen LogP contribution in [-0.4, -0.2) is 22.2 Å². The number of halogens is 3. The van der Waals surface area contributed by atoms with Crippen molar-refractivity contribution in [2.24, 2.45) is 5.73 Å². The fourth-order valence-electron chi connectivity index (χ4n) is 3.00. The quantitative estimate of drug-likeness (QED) is 0.432. The van der Waals surface area contributed by atoms with E-state index in [1.54, 1.807) is 19.1 Å². The van der Waals surface area contributed by atoms with E-state index in [9.17, 15) is 18.7 Å². The van der Waals surface area contributed by atoms with Crippen LogP contribution in [0.2, 0.25) is 5.02 Å². The lowest BCUT2D eigenvalue weighted by molar-refractivity contribution is -0.145. The lowest BCUT2D eigenvalue weighted by Crippen LogP contribution is -2.27. The number of carboxylic acids is 1. The van der Waals surface area contributed by atoms with Crippen molar-refractivity contribution in [2.45, 2.75) is 32.4 Å². The maximum atomic E-state index is 14.3. The molecule has 6 nitrogen and oxygen atoms in total. The average Bonchev–Trinajstić information content (AvgIpc) is 2.76. The third-order valence-corrected chi connectivity index (χ3v) is 4.75. The Morgan fingerprint density at radius 2 is 1.88 bits per heavy atom. The molecule has 0 amide bonds. The number of aromatic nitrogens is 1. The number of hydrogen-bond donors (Lipinski definition) is 2. The standard InChI is InChI=1S/C23H21ClF2N2O4/c1-2-4-20(23(29)30)32-22-19(26)11-18(25)21(28-22)31-17-9-15(8-16(24)10-17)14-6-3-5-13(7-14)12-27/h3,5-11,20H,2,4,12,27H2,1H3,(H,29,30)/t20-/m1/s1. The molecule has 0 aliphatic rings. The van der Waals surface area contributed by atoms with Crippen molar-refractivity contribution in [3.63, 3.8) is 0 Å². The molecule has 0 spiro atoms. The summed E-state index contributed by atoms with van der Waals surface area (Å²) in [5.74, 6) is -4.59. The minimum atomic E-state index is -1.33. The summed E-state index contributed by atoms with van der Waals surface area (Å²) >= 11 is 6.21. The molecule has 0 saturated heterocycles. The van der Waals surface area contributed by atoms with Crippen LogP contribution in [0.1, 0.15) is 25.3 Å². The van der Waals surface area contributed by atoms with Crippen molar-refractivity contribution >= 4 is 17.6 Å². The highest BCUT2D eigenvalue weighted by atomic mass is 35.5. The van der Waals surface area contributed by atoms with Crippen LogP contribution in [-0.2, 0) is 11.3 Å². The van der Waals surface area contributed by atoms with Gasteiger partial charge in [0.1, 0.15) is 5.75 Å². The molecule has 0 bridgehead atoms. The zero-order chi connectivity index (χ0) is 23.3. The van der Waals surface area contributed by atoms with E-state index in [4.69, 9.17) is 26.8 Å². The van der Waals surface area contributed by atoms with Crippen LogP contribution in [0.25, 0.3) is 11.1 Å². The Hall–Kier alpha value is -3.23. The Bertz CT molecular complexity index is 1130. The lowest BCUT2D eigenvalue weighted by Gasteiger charge is -2.15. The topological polar surface area (TPSA) is 94.7 Å². The minimum absolute atomic E-state index is 0.129. The second-order valence-corrected chi connectivity index (χ2v) is 7.41. The lowest BCUT2D eigenvalue weighted by atomic mass is 10.0. The van der Waals surface area contributed by atoms with Gasteiger partial charge in [-0.1, -0.05) is 43.1 Å². The number of aliphatic carboxylic acids is 1. The number of hydrogen-bond acceptors (Lipinski definition) is 5. The summed E-state index contributed by atoms with van der Waals surface area (Å²) < 4.78 is 39.2. The second kappa shape index (κ2) is 10.4. The van der Waals surface area contributed by atoms with Crippen LogP contribution < -0.4 is 15.2 Å². The Morgan fingerprint density at radius 3 is 2.56 bits per heavy atom. The maximum absolute atomic E-state index is 14.3. The Labute approximate surface area is 188 Å². The summed E-state index contributed by atoms with van der Waals surface area (Å²) in [6, 6.07) is 12.8. The number of ether oxygens (including phenoxy) is 2. The normalized spacial score (nSPS) is 11.8. The first kappa shape index (κ1) is 23.4. The van der Waals surface area contributed by atoms with E-state index in [-0.39, 0.29) is 12.2 Å². The van der Waals surface area contributed by atoms with E-state index in [1.165, 1.54) is 6.07 Å². The number of nitrogens with zero attached hydrogens (tertiary/aromatic N) is 1. The molecule has 0 fully saturated rings. The molecule has 3 rings (SSSR count). The number of carbonyl (C=O) groups is 1. The summed E-state index contributed by atoms with van der Waals surface area (Å²) in [7, 11) is 0. The summed E-state index contributed by atoms with van der Waals surface area (Å²) in [6.45, 7) is 2.11. The van der Waals surface area contributed by atoms with Gasteiger partial charge in [-0.3, -0.25) is 0 Å². The number of carboxylic acid groups (broad SMARTS) is 1. The first-order valence-corrected chi connectivity index (χ1v) is 10.2. The van der Waals surface area contributed by atoms with Crippen molar-refractivity contribution in [3.8, 4) is 28.6 Å². The number of nitrogens with two attached hydrogens (primary N) is 1. The molecule has 1 heterocycles. The molecular weight excluding hydrogens is 442 g/mol. The molecule has 0 unspecified atom stereocenters. The summed E-state index contributed by atoms with van der Waals surface area (Å²) in [5, 5.41) is 9.54. The van der Waals surface area contributed by atoms with Gasteiger partial charge in [0.25, 0.3) is 11.8 Å². The molecule has 9 heteroatoms. The molecule has 0 aliphatic heterocycles. The molecule has 3 aromatic rings. The Morgan fingerprint density at radius 1 is 1.12 bits per heavy atom. The number of pyridine rings is 1. The predicted molar refractivity (Wildman–Crippen MR) is 116 cm³/mol. The van der Waals surface area contributed by atoms with Crippen LogP contribution in [0.3, 0.4) is 0 Å². The second-order valence-electron chi connectivity index (χ2n) is 6.98. The van der Waals surface area contributed by atoms with Crippen LogP contribution in [0, 0.1) is 11.6 Å². The van der Waals surface area contributed by atoms with Gasteiger partial charge in [-0.25, -0.2) is 13.6 Å².